The summed E-state index contributed by atoms with van der Waals surface area (Å²) in [7, 11) is 1.92. The standard InChI is InChI=1S/C16H29N5/c1-5-6-14-18-15(17-4)11-16(19-14)21-9-7-20(8-10-21)12-13(2)3/h11,13H,5-10,12H2,1-4H3,(H,17,18,19). The molecule has 0 unspecified atom stereocenters. The van der Waals surface area contributed by atoms with Crippen molar-refractivity contribution in [3.8, 4) is 0 Å². The van der Waals surface area contributed by atoms with Gasteiger partial charge in [0.25, 0.3) is 0 Å². The summed E-state index contributed by atoms with van der Waals surface area (Å²) >= 11 is 0. The van der Waals surface area contributed by atoms with Gasteiger partial charge in [-0.3, -0.25) is 4.90 Å². The summed E-state index contributed by atoms with van der Waals surface area (Å²) < 4.78 is 0. The van der Waals surface area contributed by atoms with Crippen LogP contribution in [-0.2, 0) is 6.42 Å². The highest BCUT2D eigenvalue weighted by molar-refractivity contribution is 5.49. The van der Waals surface area contributed by atoms with Gasteiger partial charge in [0, 0.05) is 52.3 Å². The van der Waals surface area contributed by atoms with Crippen LogP contribution < -0.4 is 10.2 Å². The monoisotopic (exact) mass is 291 g/mol. The Hall–Kier alpha value is -1.36. The van der Waals surface area contributed by atoms with Crippen LogP contribution in [0.4, 0.5) is 11.6 Å². The van der Waals surface area contributed by atoms with E-state index in [1.165, 1.54) is 6.54 Å². The van der Waals surface area contributed by atoms with E-state index in [0.29, 0.717) is 0 Å². The molecule has 5 nitrogen and oxygen atoms in total. The van der Waals surface area contributed by atoms with Crippen LogP contribution in [0.3, 0.4) is 0 Å². The third-order valence-electron chi connectivity index (χ3n) is 3.81. The maximum atomic E-state index is 4.74. The van der Waals surface area contributed by atoms with Crippen LogP contribution in [0, 0.1) is 5.92 Å². The Morgan fingerprint density at radius 1 is 1.19 bits per heavy atom. The molecular weight excluding hydrogens is 262 g/mol. The minimum Gasteiger partial charge on any atom is -0.373 e. The number of hydrogen-bond acceptors (Lipinski definition) is 5. The Morgan fingerprint density at radius 3 is 2.48 bits per heavy atom. The van der Waals surface area contributed by atoms with Crippen molar-refractivity contribution in [2.75, 3.05) is 50.0 Å². The molecule has 1 fully saturated rings. The molecule has 0 aromatic carbocycles. The van der Waals surface area contributed by atoms with E-state index in [2.05, 4.69) is 46.9 Å². The Labute approximate surface area is 128 Å². The molecule has 2 heterocycles. The van der Waals surface area contributed by atoms with Crippen LogP contribution in [0.5, 0.6) is 0 Å². The van der Waals surface area contributed by atoms with E-state index < -0.39 is 0 Å². The smallest absolute Gasteiger partial charge is 0.134 e. The molecule has 1 saturated heterocycles. The van der Waals surface area contributed by atoms with E-state index >= 15 is 0 Å². The van der Waals surface area contributed by atoms with Crippen LogP contribution in [0.15, 0.2) is 6.07 Å². The van der Waals surface area contributed by atoms with Crippen molar-refractivity contribution in [2.45, 2.75) is 33.6 Å². The van der Waals surface area contributed by atoms with Crippen molar-refractivity contribution < 1.29 is 0 Å². The summed E-state index contributed by atoms with van der Waals surface area (Å²) in [6.45, 7) is 12.3. The fourth-order valence-electron chi connectivity index (χ4n) is 2.78. The summed E-state index contributed by atoms with van der Waals surface area (Å²) in [5.41, 5.74) is 0. The molecule has 0 bridgehead atoms. The van der Waals surface area contributed by atoms with Crippen molar-refractivity contribution in [3.63, 3.8) is 0 Å². The van der Waals surface area contributed by atoms with Crippen molar-refractivity contribution >= 4 is 11.6 Å². The normalized spacial score (nSPS) is 16.5. The number of aryl methyl sites for hydroxylation is 1. The Morgan fingerprint density at radius 2 is 1.90 bits per heavy atom. The van der Waals surface area contributed by atoms with E-state index in [0.717, 1.165) is 62.4 Å². The average molecular weight is 291 g/mol. The number of aromatic nitrogens is 2. The molecule has 0 atom stereocenters. The SMILES string of the molecule is CCCc1nc(NC)cc(N2CCN(CC(C)C)CC2)n1. The number of nitrogens with zero attached hydrogens (tertiary/aromatic N) is 4. The molecule has 0 radical (unpaired) electrons. The van der Waals surface area contributed by atoms with E-state index in [1.54, 1.807) is 0 Å². The van der Waals surface area contributed by atoms with Gasteiger partial charge in [-0.25, -0.2) is 9.97 Å². The highest BCUT2D eigenvalue weighted by atomic mass is 15.3. The molecule has 5 heteroatoms. The number of piperazine rings is 1. The van der Waals surface area contributed by atoms with Gasteiger partial charge in [-0.2, -0.15) is 0 Å². The van der Waals surface area contributed by atoms with Gasteiger partial charge in [0.05, 0.1) is 0 Å². The molecule has 21 heavy (non-hydrogen) atoms. The lowest BCUT2D eigenvalue weighted by Crippen LogP contribution is -2.47. The summed E-state index contributed by atoms with van der Waals surface area (Å²) in [5, 5.41) is 3.15. The highest BCUT2D eigenvalue weighted by Gasteiger charge is 2.19. The molecule has 1 aromatic heterocycles. The van der Waals surface area contributed by atoms with Gasteiger partial charge in [0.1, 0.15) is 17.5 Å². The Bertz CT molecular complexity index is 438. The molecule has 0 amide bonds. The minimum atomic E-state index is 0.739. The first kappa shape index (κ1) is 16.0. The van der Waals surface area contributed by atoms with Crippen LogP contribution in [-0.4, -0.2) is 54.6 Å². The fraction of sp³-hybridized carbons (Fsp3) is 0.750. The van der Waals surface area contributed by atoms with Gasteiger partial charge in [0.15, 0.2) is 0 Å². The van der Waals surface area contributed by atoms with Crippen LogP contribution in [0.1, 0.15) is 33.0 Å². The summed E-state index contributed by atoms with van der Waals surface area (Å²) in [4.78, 5) is 14.2. The molecule has 1 aliphatic heterocycles. The third-order valence-corrected chi connectivity index (χ3v) is 3.81. The fourth-order valence-corrected chi connectivity index (χ4v) is 2.78. The summed E-state index contributed by atoms with van der Waals surface area (Å²) in [6.07, 6.45) is 2.02. The van der Waals surface area contributed by atoms with Gasteiger partial charge in [-0.1, -0.05) is 20.8 Å². The number of rotatable bonds is 6. The molecule has 2 rings (SSSR count). The summed E-state index contributed by atoms with van der Waals surface area (Å²) in [5.74, 6) is 3.68. The quantitative estimate of drug-likeness (QED) is 0.871. The molecule has 1 N–H and O–H groups in total. The minimum absolute atomic E-state index is 0.739. The Balaban J connectivity index is 2.03. The Kier molecular flexibility index (Phi) is 5.79. The van der Waals surface area contributed by atoms with Gasteiger partial charge < -0.3 is 10.2 Å². The van der Waals surface area contributed by atoms with Crippen molar-refractivity contribution in [1.29, 1.82) is 0 Å². The maximum absolute atomic E-state index is 4.74. The predicted octanol–water partition coefficient (Wildman–Crippen LogP) is 2.25. The molecular formula is C16H29N5. The van der Waals surface area contributed by atoms with Gasteiger partial charge in [0.2, 0.25) is 0 Å². The first-order valence-corrected chi connectivity index (χ1v) is 8.15. The second-order valence-electron chi connectivity index (χ2n) is 6.21. The number of nitrogens with one attached hydrogen (secondary N) is 1. The topological polar surface area (TPSA) is 44.3 Å². The third kappa shape index (κ3) is 4.56. The van der Waals surface area contributed by atoms with Crippen molar-refractivity contribution in [2.24, 2.45) is 5.92 Å². The van der Waals surface area contributed by atoms with E-state index in [9.17, 15) is 0 Å². The molecule has 0 aliphatic carbocycles. The van der Waals surface area contributed by atoms with Crippen molar-refractivity contribution in [3.05, 3.63) is 11.9 Å². The lowest BCUT2D eigenvalue weighted by atomic mass is 10.2. The maximum Gasteiger partial charge on any atom is 0.134 e. The second kappa shape index (κ2) is 7.59. The van der Waals surface area contributed by atoms with Crippen LogP contribution >= 0.6 is 0 Å². The van der Waals surface area contributed by atoms with Crippen LogP contribution in [0.2, 0.25) is 0 Å². The zero-order valence-electron chi connectivity index (χ0n) is 13.9. The lowest BCUT2D eigenvalue weighted by molar-refractivity contribution is 0.231. The van der Waals surface area contributed by atoms with Gasteiger partial charge in [-0.05, 0) is 12.3 Å². The predicted molar refractivity (Wildman–Crippen MR) is 89.1 cm³/mol. The second-order valence-corrected chi connectivity index (χ2v) is 6.21. The van der Waals surface area contributed by atoms with Crippen molar-refractivity contribution in [1.82, 2.24) is 14.9 Å². The largest absolute Gasteiger partial charge is 0.373 e. The van der Waals surface area contributed by atoms with Gasteiger partial charge >= 0.3 is 0 Å². The zero-order chi connectivity index (χ0) is 15.2. The summed E-state index contributed by atoms with van der Waals surface area (Å²) in [6, 6.07) is 2.07. The average Bonchev–Trinajstić information content (AvgIpc) is 2.47. The van der Waals surface area contributed by atoms with E-state index in [1.807, 2.05) is 7.05 Å². The van der Waals surface area contributed by atoms with E-state index in [4.69, 9.17) is 4.98 Å². The first-order valence-electron chi connectivity index (χ1n) is 8.15. The molecule has 0 saturated carbocycles. The van der Waals surface area contributed by atoms with Gasteiger partial charge in [-0.15, -0.1) is 0 Å². The van der Waals surface area contributed by atoms with E-state index in [-0.39, 0.29) is 0 Å². The molecule has 118 valence electrons. The lowest BCUT2D eigenvalue weighted by Gasteiger charge is -2.36. The first-order chi connectivity index (χ1) is 10.1. The zero-order valence-corrected chi connectivity index (χ0v) is 13.9. The molecule has 1 aromatic rings. The number of hydrogen-bond donors (Lipinski definition) is 1. The highest BCUT2D eigenvalue weighted by Crippen LogP contribution is 2.18. The molecule has 0 spiro atoms. The number of anilines is 2. The van der Waals surface area contributed by atoms with Crippen LogP contribution in [0.25, 0.3) is 0 Å². The molecule has 1 aliphatic rings.